The highest BCUT2D eigenvalue weighted by molar-refractivity contribution is 7.08. The van der Waals surface area contributed by atoms with Crippen LogP contribution in [0.5, 0.6) is 0 Å². The van der Waals surface area contributed by atoms with Crippen molar-refractivity contribution in [2.75, 3.05) is 0 Å². The Balaban J connectivity index is 2.28. The molecule has 0 aliphatic heterocycles. The van der Waals surface area contributed by atoms with Gasteiger partial charge in [-0.1, -0.05) is 42.8 Å². The number of aliphatic hydroxyl groups excluding tert-OH is 1. The van der Waals surface area contributed by atoms with Crippen LogP contribution < -0.4 is 0 Å². The van der Waals surface area contributed by atoms with Gasteiger partial charge < -0.3 is 5.11 Å². The van der Waals surface area contributed by atoms with Crippen molar-refractivity contribution in [3.05, 3.63) is 69.4 Å². The summed E-state index contributed by atoms with van der Waals surface area (Å²) in [5, 5.41) is 14.7. The Labute approximate surface area is 147 Å². The summed E-state index contributed by atoms with van der Waals surface area (Å²) in [5.74, 6) is 0.163. The minimum atomic E-state index is 0.0446. The third kappa shape index (κ3) is 3.36. The van der Waals surface area contributed by atoms with Gasteiger partial charge in [0.15, 0.2) is 5.78 Å². The number of thiophene rings is 1. The van der Waals surface area contributed by atoms with E-state index in [0.29, 0.717) is 12.0 Å². The third-order valence-electron chi connectivity index (χ3n) is 4.54. The Bertz CT molecular complexity index is 767. The van der Waals surface area contributed by atoms with E-state index in [4.69, 9.17) is 0 Å². The van der Waals surface area contributed by atoms with Crippen LogP contribution in [0.2, 0.25) is 0 Å². The quantitative estimate of drug-likeness (QED) is 0.548. The molecule has 1 aromatic heterocycles. The molecule has 1 aromatic carbocycles. The number of rotatable bonds is 3. The minimum absolute atomic E-state index is 0.0446. The van der Waals surface area contributed by atoms with E-state index >= 15 is 0 Å². The Kier molecular flexibility index (Phi) is 5.31. The first-order valence-electron chi connectivity index (χ1n) is 8.49. The summed E-state index contributed by atoms with van der Waals surface area (Å²) in [6.07, 6.45) is 4.27. The Morgan fingerprint density at radius 1 is 1.12 bits per heavy atom. The van der Waals surface area contributed by atoms with E-state index < -0.39 is 0 Å². The fraction of sp³-hybridized carbons (Fsp3) is 0.286. The van der Waals surface area contributed by atoms with Crippen LogP contribution in [0.1, 0.15) is 50.2 Å². The van der Waals surface area contributed by atoms with Crippen molar-refractivity contribution in [1.29, 1.82) is 0 Å². The summed E-state index contributed by atoms with van der Waals surface area (Å²) in [5.41, 5.74) is 4.43. The van der Waals surface area contributed by atoms with E-state index in [1.807, 2.05) is 47.2 Å². The van der Waals surface area contributed by atoms with Gasteiger partial charge >= 0.3 is 0 Å². The second-order valence-corrected chi connectivity index (χ2v) is 6.84. The summed E-state index contributed by atoms with van der Waals surface area (Å²) >= 11 is 1.52. The van der Waals surface area contributed by atoms with E-state index in [1.165, 1.54) is 16.9 Å². The zero-order valence-corrected chi connectivity index (χ0v) is 14.7. The lowest BCUT2D eigenvalue weighted by Crippen LogP contribution is -2.12. The molecule has 0 saturated heterocycles. The van der Waals surface area contributed by atoms with Crippen LogP contribution in [0, 0.1) is 0 Å². The highest BCUT2D eigenvalue weighted by Crippen LogP contribution is 2.38. The van der Waals surface area contributed by atoms with Gasteiger partial charge in [0.05, 0.1) is 5.57 Å². The molecule has 124 valence electrons. The molecule has 0 amide bonds. The molecule has 0 bridgehead atoms. The van der Waals surface area contributed by atoms with Gasteiger partial charge in [-0.25, -0.2) is 0 Å². The Hall–Kier alpha value is -2.13. The molecule has 1 aliphatic carbocycles. The minimum Gasteiger partial charge on any atom is -0.507 e. The number of hydrogen-bond donors (Lipinski definition) is 1. The second kappa shape index (κ2) is 7.63. The van der Waals surface area contributed by atoms with Gasteiger partial charge in [-0.3, -0.25) is 4.79 Å². The number of Topliss-reactive ketones (excluding diaryl/α,β-unsaturated/α-hetero) is 1. The van der Waals surface area contributed by atoms with Crippen molar-refractivity contribution < 1.29 is 9.90 Å². The van der Waals surface area contributed by atoms with Crippen molar-refractivity contribution in [3.63, 3.8) is 0 Å². The first-order valence-corrected chi connectivity index (χ1v) is 9.43. The van der Waals surface area contributed by atoms with Gasteiger partial charge in [-0.05, 0) is 48.3 Å². The molecule has 0 atom stereocenters. The zero-order chi connectivity index (χ0) is 16.9. The second-order valence-electron chi connectivity index (χ2n) is 6.06. The third-order valence-corrected chi connectivity index (χ3v) is 5.22. The molecule has 0 fully saturated rings. The maximum atomic E-state index is 12.9. The molecule has 0 radical (unpaired) electrons. The molecule has 1 aliphatic rings. The molecule has 0 spiro atoms. The summed E-state index contributed by atoms with van der Waals surface area (Å²) in [6, 6.07) is 11.9. The number of hydrogen-bond acceptors (Lipinski definition) is 3. The van der Waals surface area contributed by atoms with Crippen molar-refractivity contribution in [1.82, 2.24) is 0 Å². The first-order chi connectivity index (χ1) is 11.7. The summed E-state index contributed by atoms with van der Waals surface area (Å²) in [7, 11) is 0. The SMILES string of the molecule is CCC1=C(c2ccccc2)C(=C(O)c2ccsc2)C(=O)CCCC1. The predicted molar refractivity (Wildman–Crippen MR) is 101 cm³/mol. The summed E-state index contributed by atoms with van der Waals surface area (Å²) < 4.78 is 0. The van der Waals surface area contributed by atoms with Crippen molar-refractivity contribution >= 4 is 28.5 Å². The van der Waals surface area contributed by atoms with Gasteiger partial charge in [-0.2, -0.15) is 11.3 Å². The molecular weight excluding hydrogens is 316 g/mol. The average Bonchev–Trinajstić information content (AvgIpc) is 3.13. The van der Waals surface area contributed by atoms with E-state index in [-0.39, 0.29) is 11.5 Å². The van der Waals surface area contributed by atoms with E-state index in [1.54, 1.807) is 0 Å². The van der Waals surface area contributed by atoms with Crippen molar-refractivity contribution in [3.8, 4) is 0 Å². The van der Waals surface area contributed by atoms with Crippen molar-refractivity contribution in [2.45, 2.75) is 39.0 Å². The maximum Gasteiger partial charge on any atom is 0.167 e. The number of allylic oxidation sites excluding steroid dienone is 3. The monoisotopic (exact) mass is 338 g/mol. The molecule has 1 heterocycles. The molecule has 24 heavy (non-hydrogen) atoms. The number of carbonyl (C=O) groups is 1. The number of carbonyl (C=O) groups excluding carboxylic acids is 1. The number of benzene rings is 1. The highest BCUT2D eigenvalue weighted by atomic mass is 32.1. The summed E-state index contributed by atoms with van der Waals surface area (Å²) in [4.78, 5) is 12.9. The average molecular weight is 338 g/mol. The molecule has 3 rings (SSSR count). The van der Waals surface area contributed by atoms with Gasteiger partial charge in [-0.15, -0.1) is 0 Å². The number of aliphatic hydroxyl groups is 1. The Morgan fingerprint density at radius 2 is 1.88 bits per heavy atom. The predicted octanol–water partition coefficient (Wildman–Crippen LogP) is 6.02. The lowest BCUT2D eigenvalue weighted by atomic mass is 9.82. The molecule has 2 nitrogen and oxygen atoms in total. The van der Waals surface area contributed by atoms with Gasteiger partial charge in [0.2, 0.25) is 0 Å². The van der Waals surface area contributed by atoms with Crippen LogP contribution in [-0.2, 0) is 4.79 Å². The van der Waals surface area contributed by atoms with E-state index in [0.717, 1.165) is 42.4 Å². The van der Waals surface area contributed by atoms with Crippen LogP contribution in [0.15, 0.2) is 58.3 Å². The van der Waals surface area contributed by atoms with Crippen LogP contribution in [0.25, 0.3) is 11.3 Å². The van der Waals surface area contributed by atoms with E-state index in [2.05, 4.69) is 6.92 Å². The van der Waals surface area contributed by atoms with Crippen LogP contribution in [0.3, 0.4) is 0 Å². The molecule has 3 heteroatoms. The Morgan fingerprint density at radius 3 is 2.54 bits per heavy atom. The standard InChI is InChI=1S/C21H22O2S/c1-2-15-8-6-7-11-18(22)20(21(23)17-12-13-24-14-17)19(15)16-9-4-3-5-10-16/h3-5,9-10,12-14,23H,2,6-8,11H2,1H3. The normalized spacial score (nSPS) is 18.3. The number of ketones is 1. The molecule has 0 saturated carbocycles. The topological polar surface area (TPSA) is 37.3 Å². The molecule has 0 unspecified atom stereocenters. The van der Waals surface area contributed by atoms with Gasteiger partial charge in [0.25, 0.3) is 0 Å². The highest BCUT2D eigenvalue weighted by Gasteiger charge is 2.25. The van der Waals surface area contributed by atoms with Crippen LogP contribution in [0.4, 0.5) is 0 Å². The van der Waals surface area contributed by atoms with E-state index in [9.17, 15) is 9.90 Å². The van der Waals surface area contributed by atoms with Gasteiger partial charge in [0, 0.05) is 17.4 Å². The fourth-order valence-corrected chi connectivity index (χ4v) is 3.93. The van der Waals surface area contributed by atoms with Crippen LogP contribution >= 0.6 is 11.3 Å². The largest absolute Gasteiger partial charge is 0.507 e. The zero-order valence-electron chi connectivity index (χ0n) is 13.9. The first kappa shape index (κ1) is 16.7. The lowest BCUT2D eigenvalue weighted by Gasteiger charge is -2.21. The van der Waals surface area contributed by atoms with Crippen LogP contribution in [-0.4, -0.2) is 10.9 Å². The van der Waals surface area contributed by atoms with Crippen molar-refractivity contribution in [2.24, 2.45) is 0 Å². The summed E-state index contributed by atoms with van der Waals surface area (Å²) in [6.45, 7) is 2.13. The smallest absolute Gasteiger partial charge is 0.167 e. The maximum absolute atomic E-state index is 12.9. The lowest BCUT2D eigenvalue weighted by molar-refractivity contribution is -0.115. The fourth-order valence-electron chi connectivity index (χ4n) is 3.29. The molecule has 2 aromatic rings. The van der Waals surface area contributed by atoms with Gasteiger partial charge in [0.1, 0.15) is 5.76 Å². The molecule has 1 N–H and O–H groups in total. The molecular formula is C21H22O2S.